The van der Waals surface area contributed by atoms with Crippen LogP contribution >= 0.6 is 11.3 Å². The van der Waals surface area contributed by atoms with Crippen molar-refractivity contribution in [3.63, 3.8) is 0 Å². The molecule has 2 heterocycles. The third kappa shape index (κ3) is 4.64. The van der Waals surface area contributed by atoms with Crippen molar-refractivity contribution < 1.29 is 9.59 Å². The van der Waals surface area contributed by atoms with E-state index in [0.717, 1.165) is 37.2 Å². The van der Waals surface area contributed by atoms with Gasteiger partial charge in [-0.25, -0.2) is 4.98 Å². The lowest BCUT2D eigenvalue weighted by atomic mass is 10.1. The van der Waals surface area contributed by atoms with Crippen LogP contribution in [0.1, 0.15) is 30.5 Å². The molecule has 1 fully saturated rings. The zero-order valence-corrected chi connectivity index (χ0v) is 14.3. The Labute approximate surface area is 145 Å². The van der Waals surface area contributed by atoms with Crippen LogP contribution in [0.3, 0.4) is 0 Å². The number of hydrogen-bond acceptors (Lipinski definition) is 4. The van der Waals surface area contributed by atoms with Crippen molar-refractivity contribution in [1.82, 2.24) is 9.88 Å². The lowest BCUT2D eigenvalue weighted by Crippen LogP contribution is -2.36. The van der Waals surface area contributed by atoms with Gasteiger partial charge >= 0.3 is 0 Å². The molecule has 126 valence electrons. The van der Waals surface area contributed by atoms with Gasteiger partial charge < -0.3 is 10.2 Å². The molecule has 0 saturated carbocycles. The first-order valence-electron chi connectivity index (χ1n) is 8.26. The predicted octanol–water partition coefficient (Wildman–Crippen LogP) is 2.88. The van der Waals surface area contributed by atoms with Crippen LogP contribution in [0.25, 0.3) is 0 Å². The van der Waals surface area contributed by atoms with Crippen LogP contribution in [0, 0.1) is 0 Å². The fraction of sp³-hybridized carbons (Fsp3) is 0.389. The zero-order valence-electron chi connectivity index (χ0n) is 13.5. The Morgan fingerprint density at radius 1 is 1.08 bits per heavy atom. The van der Waals surface area contributed by atoms with Crippen molar-refractivity contribution in [3.8, 4) is 0 Å². The van der Waals surface area contributed by atoms with E-state index in [9.17, 15) is 9.59 Å². The standard InChI is InChI=1S/C18H21N3O2S/c22-16(11-14-7-3-1-4-8-14)20-18-19-15(13-24-18)12-17(23)21-9-5-2-6-10-21/h1,3-4,7-8,13H,2,5-6,9-12H2,(H,19,20,22). The average Bonchev–Trinajstić information content (AvgIpc) is 3.03. The SMILES string of the molecule is O=C(Cc1ccccc1)Nc1nc(CC(=O)N2CCCCC2)cs1. The molecule has 1 aromatic carbocycles. The van der Waals surface area contributed by atoms with E-state index in [1.807, 2.05) is 40.6 Å². The van der Waals surface area contributed by atoms with Gasteiger partial charge in [0.2, 0.25) is 11.8 Å². The molecule has 0 unspecified atom stereocenters. The van der Waals surface area contributed by atoms with Gasteiger partial charge in [0.05, 0.1) is 18.5 Å². The number of carbonyl (C=O) groups is 2. The highest BCUT2D eigenvalue weighted by molar-refractivity contribution is 7.13. The maximum atomic E-state index is 12.2. The quantitative estimate of drug-likeness (QED) is 0.908. The van der Waals surface area contributed by atoms with E-state index in [1.165, 1.54) is 17.8 Å². The molecule has 1 aliphatic heterocycles. The number of nitrogens with one attached hydrogen (secondary N) is 1. The van der Waals surface area contributed by atoms with Crippen LogP contribution in [-0.4, -0.2) is 34.8 Å². The number of likely N-dealkylation sites (tertiary alicyclic amines) is 1. The molecule has 0 atom stereocenters. The molecule has 2 amide bonds. The molecular weight excluding hydrogens is 322 g/mol. The molecule has 1 N–H and O–H groups in total. The van der Waals surface area contributed by atoms with Gasteiger partial charge in [0.25, 0.3) is 0 Å². The average molecular weight is 343 g/mol. The zero-order chi connectivity index (χ0) is 16.8. The lowest BCUT2D eigenvalue weighted by Gasteiger charge is -2.26. The van der Waals surface area contributed by atoms with Gasteiger partial charge in [0.15, 0.2) is 5.13 Å². The highest BCUT2D eigenvalue weighted by Crippen LogP contribution is 2.18. The van der Waals surface area contributed by atoms with Crippen molar-refractivity contribution >= 4 is 28.3 Å². The minimum atomic E-state index is -0.0931. The van der Waals surface area contributed by atoms with Crippen molar-refractivity contribution in [2.45, 2.75) is 32.1 Å². The molecule has 0 radical (unpaired) electrons. The fourth-order valence-corrected chi connectivity index (χ4v) is 3.53. The normalized spacial score (nSPS) is 14.4. The molecule has 24 heavy (non-hydrogen) atoms. The molecule has 0 aliphatic carbocycles. The largest absolute Gasteiger partial charge is 0.342 e. The van der Waals surface area contributed by atoms with Crippen molar-refractivity contribution in [2.75, 3.05) is 18.4 Å². The predicted molar refractivity (Wildman–Crippen MR) is 95.0 cm³/mol. The van der Waals surface area contributed by atoms with Gasteiger partial charge in [-0.3, -0.25) is 9.59 Å². The highest BCUT2D eigenvalue weighted by atomic mass is 32.1. The minimum Gasteiger partial charge on any atom is -0.342 e. The van der Waals surface area contributed by atoms with Crippen LogP contribution in [0.4, 0.5) is 5.13 Å². The van der Waals surface area contributed by atoms with E-state index < -0.39 is 0 Å². The van der Waals surface area contributed by atoms with E-state index >= 15 is 0 Å². The van der Waals surface area contributed by atoms with Crippen LogP contribution < -0.4 is 5.32 Å². The van der Waals surface area contributed by atoms with Gasteiger partial charge in [-0.2, -0.15) is 0 Å². The first-order chi connectivity index (χ1) is 11.7. The second kappa shape index (κ2) is 8.06. The van der Waals surface area contributed by atoms with Crippen LogP contribution in [0.15, 0.2) is 35.7 Å². The number of anilines is 1. The summed E-state index contributed by atoms with van der Waals surface area (Å²) in [7, 11) is 0. The van der Waals surface area contributed by atoms with Crippen LogP contribution in [0.2, 0.25) is 0 Å². The van der Waals surface area contributed by atoms with Crippen LogP contribution in [-0.2, 0) is 22.4 Å². The Bertz CT molecular complexity index is 693. The summed E-state index contributed by atoms with van der Waals surface area (Å²) >= 11 is 1.36. The first-order valence-corrected chi connectivity index (χ1v) is 9.14. The first kappa shape index (κ1) is 16.6. The van der Waals surface area contributed by atoms with E-state index in [4.69, 9.17) is 0 Å². The molecule has 3 rings (SSSR count). The van der Waals surface area contributed by atoms with E-state index in [2.05, 4.69) is 10.3 Å². The molecule has 1 saturated heterocycles. The summed E-state index contributed by atoms with van der Waals surface area (Å²) in [5.41, 5.74) is 1.69. The topological polar surface area (TPSA) is 62.3 Å². The van der Waals surface area contributed by atoms with Crippen molar-refractivity contribution in [2.24, 2.45) is 0 Å². The highest BCUT2D eigenvalue weighted by Gasteiger charge is 2.18. The molecule has 0 spiro atoms. The van der Waals surface area contributed by atoms with E-state index in [-0.39, 0.29) is 11.8 Å². The summed E-state index contributed by atoms with van der Waals surface area (Å²) in [5.74, 6) is 0.0339. The summed E-state index contributed by atoms with van der Waals surface area (Å²) in [4.78, 5) is 30.6. The van der Waals surface area contributed by atoms with E-state index in [1.54, 1.807) is 0 Å². The second-order valence-electron chi connectivity index (χ2n) is 5.97. The molecule has 6 heteroatoms. The molecule has 1 aliphatic rings. The van der Waals surface area contributed by atoms with Gasteiger partial charge in [-0.1, -0.05) is 30.3 Å². The summed E-state index contributed by atoms with van der Waals surface area (Å²) in [6, 6.07) is 9.59. The maximum absolute atomic E-state index is 12.2. The molecule has 1 aromatic heterocycles. The molecule has 2 aromatic rings. The number of thiazole rings is 1. The Kier molecular flexibility index (Phi) is 5.59. The number of piperidine rings is 1. The Hall–Kier alpha value is -2.21. The summed E-state index contributed by atoms with van der Waals surface area (Å²) in [6.07, 6.45) is 4.01. The summed E-state index contributed by atoms with van der Waals surface area (Å²) in [5, 5.41) is 5.21. The van der Waals surface area contributed by atoms with Crippen LogP contribution in [0.5, 0.6) is 0 Å². The number of hydrogen-bond donors (Lipinski definition) is 1. The van der Waals surface area contributed by atoms with Crippen molar-refractivity contribution in [1.29, 1.82) is 0 Å². The summed E-state index contributed by atoms with van der Waals surface area (Å²) in [6.45, 7) is 1.70. The number of rotatable bonds is 5. The minimum absolute atomic E-state index is 0.0931. The number of amides is 2. The Morgan fingerprint density at radius 3 is 2.58 bits per heavy atom. The van der Waals surface area contributed by atoms with E-state index in [0.29, 0.717) is 18.0 Å². The van der Waals surface area contributed by atoms with Crippen molar-refractivity contribution in [3.05, 3.63) is 47.0 Å². The third-order valence-electron chi connectivity index (χ3n) is 4.05. The van der Waals surface area contributed by atoms with Gasteiger partial charge in [0.1, 0.15) is 0 Å². The maximum Gasteiger partial charge on any atom is 0.230 e. The lowest BCUT2D eigenvalue weighted by molar-refractivity contribution is -0.131. The number of benzene rings is 1. The molecule has 5 nitrogen and oxygen atoms in total. The monoisotopic (exact) mass is 343 g/mol. The third-order valence-corrected chi connectivity index (χ3v) is 4.85. The van der Waals surface area contributed by atoms with Gasteiger partial charge in [-0.05, 0) is 24.8 Å². The molecule has 0 bridgehead atoms. The Balaban J connectivity index is 1.51. The smallest absolute Gasteiger partial charge is 0.230 e. The second-order valence-corrected chi connectivity index (χ2v) is 6.83. The number of carbonyl (C=O) groups excluding carboxylic acids is 2. The molecular formula is C18H21N3O2S. The van der Waals surface area contributed by atoms with Gasteiger partial charge in [0, 0.05) is 18.5 Å². The fourth-order valence-electron chi connectivity index (χ4n) is 2.80. The Morgan fingerprint density at radius 2 is 1.83 bits per heavy atom. The number of aromatic nitrogens is 1. The summed E-state index contributed by atoms with van der Waals surface area (Å²) < 4.78 is 0. The van der Waals surface area contributed by atoms with Gasteiger partial charge in [-0.15, -0.1) is 11.3 Å². The number of nitrogens with zero attached hydrogens (tertiary/aromatic N) is 2.